The van der Waals surface area contributed by atoms with Gasteiger partial charge in [-0.3, -0.25) is 4.79 Å². The monoisotopic (exact) mass is 226 g/mol. The molecule has 4 nitrogen and oxygen atoms in total. The molecule has 3 N–H and O–H groups in total. The van der Waals surface area contributed by atoms with E-state index in [1.807, 2.05) is 0 Å². The summed E-state index contributed by atoms with van der Waals surface area (Å²) in [5.41, 5.74) is 5.82. The van der Waals surface area contributed by atoms with Gasteiger partial charge >= 0.3 is 0 Å². The van der Waals surface area contributed by atoms with Gasteiger partial charge in [0.05, 0.1) is 16.1 Å². The molecular formula is C10H14N2O2S. The molecule has 0 aliphatic heterocycles. The van der Waals surface area contributed by atoms with Crippen molar-refractivity contribution >= 4 is 15.6 Å². The first-order valence-corrected chi connectivity index (χ1v) is 6.32. The Bertz CT molecular complexity index is 449. The molecule has 0 spiro atoms. The standard InChI is InChI=1S/C10H14N2O2S/c1-2-15(12,14)9-5-3-8(4-6-9)7-10(11)13/h3-6,12H,2,7H2,1H3,(H2,11,13). The Hall–Kier alpha value is -1.36. The molecule has 1 rings (SSSR count). The summed E-state index contributed by atoms with van der Waals surface area (Å²) in [6, 6.07) is 6.61. The minimum atomic E-state index is -2.66. The first-order chi connectivity index (χ1) is 6.95. The summed E-state index contributed by atoms with van der Waals surface area (Å²) >= 11 is 0. The van der Waals surface area contributed by atoms with Crippen LogP contribution in [0.2, 0.25) is 0 Å². The normalized spacial score (nSPS) is 14.5. The van der Waals surface area contributed by atoms with Crippen molar-refractivity contribution in [2.45, 2.75) is 18.2 Å². The fourth-order valence-corrected chi connectivity index (χ4v) is 2.10. The maximum atomic E-state index is 11.7. The second-order valence-electron chi connectivity index (χ2n) is 3.25. The third-order valence-corrected chi connectivity index (χ3v) is 3.94. The number of carbonyl (C=O) groups is 1. The van der Waals surface area contributed by atoms with Gasteiger partial charge in [-0.1, -0.05) is 19.1 Å². The van der Waals surface area contributed by atoms with E-state index >= 15 is 0 Å². The van der Waals surface area contributed by atoms with Crippen molar-refractivity contribution in [3.8, 4) is 0 Å². The minimum Gasteiger partial charge on any atom is -0.369 e. The smallest absolute Gasteiger partial charge is 0.221 e. The van der Waals surface area contributed by atoms with E-state index in [-0.39, 0.29) is 6.42 Å². The van der Waals surface area contributed by atoms with Crippen LogP contribution in [0.15, 0.2) is 29.2 Å². The second kappa shape index (κ2) is 4.44. The average molecular weight is 226 g/mol. The Balaban J connectivity index is 2.95. The van der Waals surface area contributed by atoms with Gasteiger partial charge in [0.15, 0.2) is 0 Å². The van der Waals surface area contributed by atoms with E-state index in [0.717, 1.165) is 5.56 Å². The fraction of sp³-hybridized carbons (Fsp3) is 0.300. The van der Waals surface area contributed by atoms with Crippen molar-refractivity contribution in [2.75, 3.05) is 5.75 Å². The quantitative estimate of drug-likeness (QED) is 0.806. The zero-order valence-corrected chi connectivity index (χ0v) is 9.34. The summed E-state index contributed by atoms with van der Waals surface area (Å²) in [6.45, 7) is 1.71. The molecule has 0 saturated heterocycles. The van der Waals surface area contributed by atoms with E-state index < -0.39 is 15.6 Å². The highest BCUT2D eigenvalue weighted by molar-refractivity contribution is 7.92. The third-order valence-electron chi connectivity index (χ3n) is 2.09. The molecule has 0 radical (unpaired) electrons. The van der Waals surface area contributed by atoms with Crippen LogP contribution < -0.4 is 5.73 Å². The summed E-state index contributed by atoms with van der Waals surface area (Å²) in [7, 11) is -2.66. The fourth-order valence-electron chi connectivity index (χ4n) is 1.19. The number of carbonyl (C=O) groups excluding carboxylic acids is 1. The Kier molecular flexibility index (Phi) is 3.47. The van der Waals surface area contributed by atoms with Gasteiger partial charge in [0, 0.05) is 10.6 Å². The molecular weight excluding hydrogens is 212 g/mol. The Morgan fingerprint density at radius 3 is 2.33 bits per heavy atom. The highest BCUT2D eigenvalue weighted by Gasteiger charge is 2.07. The maximum absolute atomic E-state index is 11.7. The number of nitrogens with two attached hydrogens (primary N) is 1. The van der Waals surface area contributed by atoms with Crippen molar-refractivity contribution in [1.29, 1.82) is 4.78 Å². The highest BCUT2D eigenvalue weighted by Crippen LogP contribution is 2.13. The van der Waals surface area contributed by atoms with Crippen LogP contribution in [0.3, 0.4) is 0 Å². The van der Waals surface area contributed by atoms with Crippen LogP contribution in [0.1, 0.15) is 12.5 Å². The molecule has 0 aliphatic carbocycles. The van der Waals surface area contributed by atoms with Gasteiger partial charge in [-0.25, -0.2) is 8.99 Å². The Labute approximate surface area is 89.5 Å². The zero-order valence-electron chi connectivity index (χ0n) is 8.53. The molecule has 1 amide bonds. The van der Waals surface area contributed by atoms with Crippen molar-refractivity contribution < 1.29 is 9.00 Å². The topological polar surface area (TPSA) is 84.0 Å². The molecule has 1 aromatic rings. The zero-order chi connectivity index (χ0) is 11.5. The molecule has 0 saturated carbocycles. The molecule has 1 unspecified atom stereocenters. The van der Waals surface area contributed by atoms with Crippen LogP contribution in [0.25, 0.3) is 0 Å². The Morgan fingerprint density at radius 2 is 1.93 bits per heavy atom. The molecule has 0 aliphatic rings. The van der Waals surface area contributed by atoms with Crippen LogP contribution in [0.4, 0.5) is 0 Å². The van der Waals surface area contributed by atoms with Gasteiger partial charge in [0.1, 0.15) is 0 Å². The summed E-state index contributed by atoms with van der Waals surface area (Å²) in [5.74, 6) is -0.104. The first kappa shape index (κ1) is 11.7. The Morgan fingerprint density at radius 1 is 1.40 bits per heavy atom. The lowest BCUT2D eigenvalue weighted by atomic mass is 10.1. The number of amides is 1. The van der Waals surface area contributed by atoms with E-state index in [1.54, 1.807) is 31.2 Å². The van der Waals surface area contributed by atoms with Gasteiger partial charge < -0.3 is 5.73 Å². The first-order valence-electron chi connectivity index (χ1n) is 4.59. The molecule has 0 aromatic heterocycles. The van der Waals surface area contributed by atoms with E-state index in [2.05, 4.69) is 0 Å². The molecule has 0 heterocycles. The summed E-state index contributed by atoms with van der Waals surface area (Å²) in [6.07, 6.45) is 0.172. The largest absolute Gasteiger partial charge is 0.369 e. The molecule has 1 aromatic carbocycles. The molecule has 1 atom stereocenters. The third kappa shape index (κ3) is 3.06. The van der Waals surface area contributed by atoms with E-state index in [4.69, 9.17) is 10.5 Å². The molecule has 5 heteroatoms. The van der Waals surface area contributed by atoms with Gasteiger partial charge in [0.2, 0.25) is 5.91 Å². The average Bonchev–Trinajstić information content (AvgIpc) is 2.18. The second-order valence-corrected chi connectivity index (χ2v) is 5.65. The lowest BCUT2D eigenvalue weighted by molar-refractivity contribution is -0.117. The lowest BCUT2D eigenvalue weighted by Crippen LogP contribution is -2.13. The van der Waals surface area contributed by atoms with Crippen molar-refractivity contribution in [2.24, 2.45) is 5.73 Å². The number of hydrogen-bond donors (Lipinski definition) is 2. The van der Waals surface area contributed by atoms with E-state index in [1.165, 1.54) is 0 Å². The minimum absolute atomic E-state index is 0.172. The number of rotatable bonds is 4. The number of primary amides is 1. The van der Waals surface area contributed by atoms with Crippen molar-refractivity contribution in [3.05, 3.63) is 29.8 Å². The van der Waals surface area contributed by atoms with Crippen molar-refractivity contribution in [1.82, 2.24) is 0 Å². The molecule has 15 heavy (non-hydrogen) atoms. The number of benzene rings is 1. The predicted octanol–water partition coefficient (Wildman–Crippen LogP) is 1.14. The predicted molar refractivity (Wildman–Crippen MR) is 59.0 cm³/mol. The molecule has 0 fully saturated rings. The van der Waals surface area contributed by atoms with Crippen LogP contribution in [0.5, 0.6) is 0 Å². The maximum Gasteiger partial charge on any atom is 0.221 e. The number of hydrogen-bond acceptors (Lipinski definition) is 3. The highest BCUT2D eigenvalue weighted by atomic mass is 32.2. The summed E-state index contributed by atoms with van der Waals surface area (Å²) < 4.78 is 19.2. The molecule has 0 bridgehead atoms. The van der Waals surface area contributed by atoms with Gasteiger partial charge in [-0.2, -0.15) is 0 Å². The van der Waals surface area contributed by atoms with Gasteiger partial charge in [-0.05, 0) is 17.7 Å². The van der Waals surface area contributed by atoms with Gasteiger partial charge in [-0.15, -0.1) is 0 Å². The number of nitrogens with one attached hydrogen (secondary N) is 1. The van der Waals surface area contributed by atoms with Crippen molar-refractivity contribution in [3.63, 3.8) is 0 Å². The van der Waals surface area contributed by atoms with Crippen LogP contribution >= 0.6 is 0 Å². The van der Waals surface area contributed by atoms with E-state index in [0.29, 0.717) is 10.6 Å². The summed E-state index contributed by atoms with van der Waals surface area (Å²) in [4.78, 5) is 11.1. The van der Waals surface area contributed by atoms with E-state index in [9.17, 15) is 9.00 Å². The molecule has 82 valence electrons. The SMILES string of the molecule is CCS(=N)(=O)c1ccc(CC(N)=O)cc1. The van der Waals surface area contributed by atoms with Crippen LogP contribution in [0, 0.1) is 4.78 Å². The lowest BCUT2D eigenvalue weighted by Gasteiger charge is -2.05. The summed E-state index contributed by atoms with van der Waals surface area (Å²) in [5, 5.41) is 0. The van der Waals surface area contributed by atoms with Gasteiger partial charge in [0.25, 0.3) is 0 Å². The van der Waals surface area contributed by atoms with Crippen LogP contribution in [-0.2, 0) is 20.9 Å². The van der Waals surface area contributed by atoms with Crippen LogP contribution in [-0.4, -0.2) is 15.9 Å².